The van der Waals surface area contributed by atoms with Crippen LogP contribution in [0.15, 0.2) is 16.7 Å². The molecule has 2 atom stereocenters. The van der Waals surface area contributed by atoms with Crippen molar-refractivity contribution < 1.29 is 14.7 Å². The third-order valence-electron chi connectivity index (χ3n) is 4.19. The molecule has 1 aromatic heterocycles. The zero-order chi connectivity index (χ0) is 15.0. The number of hydrogen-bond donors (Lipinski definition) is 2. The van der Waals surface area contributed by atoms with Gasteiger partial charge in [0.1, 0.15) is 11.4 Å². The number of fused-ring (bicyclic) bond motifs is 1. The monoisotopic (exact) mass is 353 g/mol. The summed E-state index contributed by atoms with van der Waals surface area (Å²) in [6.45, 7) is 1.44. The van der Waals surface area contributed by atoms with E-state index in [1.807, 2.05) is 4.90 Å². The molecule has 2 aliphatic rings. The molecule has 6 nitrogen and oxygen atoms in total. The molecule has 0 aromatic carbocycles. The molecule has 2 N–H and O–H groups in total. The van der Waals surface area contributed by atoms with Crippen molar-refractivity contribution in [1.29, 1.82) is 0 Å². The van der Waals surface area contributed by atoms with Gasteiger partial charge < -0.3 is 15.3 Å². The summed E-state index contributed by atoms with van der Waals surface area (Å²) in [4.78, 5) is 29.1. The number of amides is 1. The molecule has 0 aliphatic carbocycles. The molecule has 0 bridgehead atoms. The van der Waals surface area contributed by atoms with Crippen LogP contribution in [0.5, 0.6) is 0 Å². The summed E-state index contributed by atoms with van der Waals surface area (Å²) in [5, 5.41) is 12.4. The van der Waals surface area contributed by atoms with Crippen molar-refractivity contribution in [2.24, 2.45) is 5.92 Å². The van der Waals surface area contributed by atoms with Gasteiger partial charge in [-0.2, -0.15) is 0 Å². The number of halogens is 1. The van der Waals surface area contributed by atoms with Crippen LogP contribution in [-0.4, -0.2) is 41.1 Å². The van der Waals surface area contributed by atoms with Crippen LogP contribution < -0.4 is 10.2 Å². The molecule has 1 aromatic rings. The molecular formula is C14H16BrN3O3. The average Bonchev–Trinajstić information content (AvgIpc) is 2.46. The summed E-state index contributed by atoms with van der Waals surface area (Å²) in [5.41, 5.74) is 0.211. The number of rotatable bonds is 2. The maximum Gasteiger partial charge on any atom is 0.339 e. The number of aromatic carboxylic acids is 1. The minimum atomic E-state index is -0.974. The number of nitrogens with zero attached hydrogens (tertiary/aromatic N) is 2. The predicted octanol–water partition coefficient (Wildman–Crippen LogP) is 1.65. The van der Waals surface area contributed by atoms with Crippen LogP contribution >= 0.6 is 15.9 Å². The molecule has 0 spiro atoms. The molecule has 2 saturated heterocycles. The van der Waals surface area contributed by atoms with E-state index in [0.717, 1.165) is 19.4 Å². The van der Waals surface area contributed by atoms with Crippen LogP contribution in [0.3, 0.4) is 0 Å². The van der Waals surface area contributed by atoms with E-state index < -0.39 is 5.97 Å². The van der Waals surface area contributed by atoms with Crippen molar-refractivity contribution >= 4 is 33.6 Å². The van der Waals surface area contributed by atoms with Crippen molar-refractivity contribution in [2.75, 3.05) is 18.0 Å². The molecule has 2 aliphatic heterocycles. The molecule has 2 fully saturated rings. The van der Waals surface area contributed by atoms with Crippen LogP contribution in [0.4, 0.5) is 5.82 Å². The Balaban J connectivity index is 1.82. The first-order valence-corrected chi connectivity index (χ1v) is 7.77. The van der Waals surface area contributed by atoms with Crippen molar-refractivity contribution in [2.45, 2.75) is 25.3 Å². The molecule has 0 radical (unpaired) electrons. The van der Waals surface area contributed by atoms with Crippen molar-refractivity contribution in [3.63, 3.8) is 0 Å². The van der Waals surface area contributed by atoms with Crippen LogP contribution in [-0.2, 0) is 4.79 Å². The number of carbonyl (C=O) groups is 2. The Morgan fingerprint density at radius 2 is 2.29 bits per heavy atom. The molecule has 7 heteroatoms. The number of nitrogens with one attached hydrogen (secondary N) is 1. The van der Waals surface area contributed by atoms with Gasteiger partial charge in [0.05, 0.1) is 0 Å². The highest BCUT2D eigenvalue weighted by molar-refractivity contribution is 9.10. The quantitative estimate of drug-likeness (QED) is 0.844. The highest BCUT2D eigenvalue weighted by atomic mass is 79.9. The SMILES string of the molecule is O=C1CCC2CN(c3ncc(Br)cc3C(=O)O)CCC2N1. The lowest BCUT2D eigenvalue weighted by atomic mass is 9.85. The van der Waals surface area contributed by atoms with Crippen molar-refractivity contribution in [3.05, 3.63) is 22.3 Å². The van der Waals surface area contributed by atoms with E-state index in [-0.39, 0.29) is 17.5 Å². The summed E-state index contributed by atoms with van der Waals surface area (Å²) >= 11 is 3.26. The number of carbonyl (C=O) groups excluding carboxylic acids is 1. The molecule has 21 heavy (non-hydrogen) atoms. The molecule has 3 heterocycles. The number of carboxylic acid groups (broad SMARTS) is 1. The van der Waals surface area contributed by atoms with E-state index in [2.05, 4.69) is 26.2 Å². The van der Waals surface area contributed by atoms with Crippen LogP contribution in [0.2, 0.25) is 0 Å². The topological polar surface area (TPSA) is 82.5 Å². The van der Waals surface area contributed by atoms with Crippen LogP contribution in [0, 0.1) is 5.92 Å². The predicted molar refractivity (Wildman–Crippen MR) is 80.4 cm³/mol. The lowest BCUT2D eigenvalue weighted by Gasteiger charge is -2.42. The Morgan fingerprint density at radius 1 is 1.48 bits per heavy atom. The van der Waals surface area contributed by atoms with Gasteiger partial charge >= 0.3 is 5.97 Å². The second kappa shape index (κ2) is 5.63. The summed E-state index contributed by atoms with van der Waals surface area (Å²) in [6.07, 6.45) is 3.85. The minimum Gasteiger partial charge on any atom is -0.478 e. The second-order valence-corrected chi connectivity index (χ2v) is 6.45. The molecule has 112 valence electrons. The molecule has 3 rings (SSSR count). The average molecular weight is 354 g/mol. The van der Waals surface area contributed by atoms with Gasteiger partial charge in [0.2, 0.25) is 5.91 Å². The minimum absolute atomic E-state index is 0.123. The fraction of sp³-hybridized carbons (Fsp3) is 0.500. The van der Waals surface area contributed by atoms with Gasteiger partial charge in [-0.25, -0.2) is 9.78 Å². The first-order chi connectivity index (χ1) is 10.0. The van der Waals surface area contributed by atoms with Crippen molar-refractivity contribution in [1.82, 2.24) is 10.3 Å². The smallest absolute Gasteiger partial charge is 0.339 e. The van der Waals surface area contributed by atoms with Crippen LogP contribution in [0.25, 0.3) is 0 Å². The van der Waals surface area contributed by atoms with Gasteiger partial charge in [-0.15, -0.1) is 0 Å². The van der Waals surface area contributed by atoms with E-state index in [9.17, 15) is 14.7 Å². The summed E-state index contributed by atoms with van der Waals surface area (Å²) in [5.74, 6) is 0.0279. The summed E-state index contributed by atoms with van der Waals surface area (Å²) in [7, 11) is 0. The molecule has 2 unspecified atom stereocenters. The van der Waals surface area contributed by atoms with Gasteiger partial charge in [-0.3, -0.25) is 4.79 Å². The Bertz CT molecular complexity index is 593. The standard InChI is InChI=1S/C14H16BrN3O3/c15-9-5-10(14(20)21)13(16-6-9)18-4-3-11-8(7-18)1-2-12(19)17-11/h5-6,8,11H,1-4,7H2,(H,17,19)(H,20,21). The number of aromatic nitrogens is 1. The highest BCUT2D eigenvalue weighted by Crippen LogP contribution is 2.30. The zero-order valence-electron chi connectivity index (χ0n) is 11.4. The number of pyridine rings is 1. The maximum atomic E-state index is 11.4. The largest absolute Gasteiger partial charge is 0.478 e. The maximum absolute atomic E-state index is 11.4. The van der Waals surface area contributed by atoms with E-state index in [1.54, 1.807) is 12.3 Å². The molecule has 0 saturated carbocycles. The van der Waals surface area contributed by atoms with E-state index >= 15 is 0 Å². The lowest BCUT2D eigenvalue weighted by Crippen LogP contribution is -2.54. The fourth-order valence-electron chi connectivity index (χ4n) is 3.14. The second-order valence-electron chi connectivity index (χ2n) is 5.54. The fourth-order valence-corrected chi connectivity index (χ4v) is 3.48. The van der Waals surface area contributed by atoms with Gasteiger partial charge in [0, 0.05) is 36.2 Å². The highest BCUT2D eigenvalue weighted by Gasteiger charge is 2.35. The first kappa shape index (κ1) is 14.3. The van der Waals surface area contributed by atoms with Gasteiger partial charge in [-0.05, 0) is 40.8 Å². The number of hydrogen-bond acceptors (Lipinski definition) is 4. The third kappa shape index (κ3) is 2.88. The van der Waals surface area contributed by atoms with Gasteiger partial charge in [-0.1, -0.05) is 0 Å². The zero-order valence-corrected chi connectivity index (χ0v) is 13.0. The summed E-state index contributed by atoms with van der Waals surface area (Å²) in [6, 6.07) is 1.80. The normalized spacial score (nSPS) is 25.2. The molecule has 1 amide bonds. The first-order valence-electron chi connectivity index (χ1n) is 6.98. The Kier molecular flexibility index (Phi) is 3.84. The number of carboxylic acids is 1. The van der Waals surface area contributed by atoms with E-state index in [1.165, 1.54) is 0 Å². The van der Waals surface area contributed by atoms with Crippen LogP contribution in [0.1, 0.15) is 29.6 Å². The Hall–Kier alpha value is -1.63. The van der Waals surface area contributed by atoms with Gasteiger partial charge in [0.25, 0.3) is 0 Å². The molecular weight excluding hydrogens is 338 g/mol. The summed E-state index contributed by atoms with van der Waals surface area (Å²) < 4.78 is 0.656. The van der Waals surface area contributed by atoms with Crippen molar-refractivity contribution in [3.8, 4) is 0 Å². The van der Waals surface area contributed by atoms with E-state index in [4.69, 9.17) is 0 Å². The van der Waals surface area contributed by atoms with E-state index in [0.29, 0.717) is 29.2 Å². The Labute approximate surface area is 130 Å². The van der Waals surface area contributed by atoms with Gasteiger partial charge in [0.15, 0.2) is 0 Å². The third-order valence-corrected chi connectivity index (χ3v) is 4.62. The lowest BCUT2D eigenvalue weighted by molar-refractivity contribution is -0.124. The number of piperidine rings is 2. The Morgan fingerprint density at radius 3 is 3.05 bits per heavy atom. The number of anilines is 1.